The molecule has 1 aromatic rings. The van der Waals surface area contributed by atoms with E-state index in [9.17, 15) is 4.79 Å². The number of hydrogen-bond donors (Lipinski definition) is 2. The van der Waals surface area contributed by atoms with Crippen LogP contribution in [0.15, 0.2) is 29.2 Å². The molecule has 2 aliphatic carbocycles. The fourth-order valence-corrected chi connectivity index (χ4v) is 3.60. The highest BCUT2D eigenvalue weighted by molar-refractivity contribution is 7.80. The van der Waals surface area contributed by atoms with Crippen molar-refractivity contribution in [1.29, 1.82) is 0 Å². The Hall–Kier alpha value is -0.960. The molecule has 2 saturated carbocycles. The molecular weight excluding hydrogens is 230 g/mol. The van der Waals surface area contributed by atoms with Crippen molar-refractivity contribution in [3.8, 4) is 0 Å². The normalized spacial score (nSPS) is 30.5. The van der Waals surface area contributed by atoms with Gasteiger partial charge in [0.25, 0.3) is 5.91 Å². The zero-order valence-electron chi connectivity index (χ0n) is 9.73. The van der Waals surface area contributed by atoms with Gasteiger partial charge in [-0.05, 0) is 43.2 Å². The van der Waals surface area contributed by atoms with Crippen LogP contribution in [0, 0.1) is 11.8 Å². The number of benzene rings is 1. The van der Waals surface area contributed by atoms with E-state index in [2.05, 4.69) is 17.9 Å². The van der Waals surface area contributed by atoms with Crippen molar-refractivity contribution in [2.24, 2.45) is 11.8 Å². The van der Waals surface area contributed by atoms with Crippen molar-refractivity contribution >= 4 is 18.5 Å². The average Bonchev–Trinajstić information content (AvgIpc) is 2.91. The fraction of sp³-hybridized carbons (Fsp3) is 0.500. The van der Waals surface area contributed by atoms with Crippen LogP contribution in [0.3, 0.4) is 0 Å². The first-order valence-corrected chi connectivity index (χ1v) is 6.77. The summed E-state index contributed by atoms with van der Waals surface area (Å²) in [6, 6.07) is 7.88. The molecule has 3 atom stereocenters. The van der Waals surface area contributed by atoms with Crippen molar-refractivity contribution in [1.82, 2.24) is 5.32 Å². The molecule has 2 bridgehead atoms. The first-order chi connectivity index (χ1) is 8.24. The lowest BCUT2D eigenvalue weighted by Gasteiger charge is -2.23. The Morgan fingerprint density at radius 3 is 2.71 bits per heavy atom. The number of thiol groups is 1. The predicted octanol–water partition coefficient (Wildman–Crippen LogP) is 2.89. The van der Waals surface area contributed by atoms with Crippen LogP contribution in [0.1, 0.15) is 36.0 Å². The third kappa shape index (κ3) is 2.08. The smallest absolute Gasteiger partial charge is 0.252 e. The summed E-state index contributed by atoms with van der Waals surface area (Å²) in [7, 11) is 0. The standard InChI is InChI=1S/C14H17NOS/c16-14(11-3-1-2-4-13(11)17)15-12-8-9-5-6-10(12)7-9/h1-4,9-10,12,17H,5-8H2,(H,15,16). The molecule has 0 aliphatic heterocycles. The molecule has 3 heteroatoms. The lowest BCUT2D eigenvalue weighted by atomic mass is 9.95. The Kier molecular flexibility index (Phi) is 2.87. The van der Waals surface area contributed by atoms with Crippen LogP contribution in [0.25, 0.3) is 0 Å². The minimum Gasteiger partial charge on any atom is -0.349 e. The molecule has 0 aromatic heterocycles. The molecule has 0 spiro atoms. The number of rotatable bonds is 2. The predicted molar refractivity (Wildman–Crippen MR) is 70.4 cm³/mol. The summed E-state index contributed by atoms with van der Waals surface area (Å²) in [4.78, 5) is 12.9. The van der Waals surface area contributed by atoms with E-state index in [0.29, 0.717) is 11.6 Å². The van der Waals surface area contributed by atoms with Gasteiger partial charge < -0.3 is 5.32 Å². The van der Waals surface area contributed by atoms with Crippen molar-refractivity contribution in [3.05, 3.63) is 29.8 Å². The van der Waals surface area contributed by atoms with Crippen molar-refractivity contribution < 1.29 is 4.79 Å². The van der Waals surface area contributed by atoms with Gasteiger partial charge in [-0.2, -0.15) is 0 Å². The van der Waals surface area contributed by atoms with Gasteiger partial charge >= 0.3 is 0 Å². The average molecular weight is 247 g/mol. The van der Waals surface area contributed by atoms with Crippen LogP contribution < -0.4 is 5.32 Å². The van der Waals surface area contributed by atoms with Gasteiger partial charge in [0.05, 0.1) is 5.56 Å². The SMILES string of the molecule is O=C(NC1CC2CCC1C2)c1ccccc1S. The third-order valence-corrected chi connectivity index (χ3v) is 4.59. The second kappa shape index (κ2) is 4.37. The quantitative estimate of drug-likeness (QED) is 0.773. The number of carbonyl (C=O) groups is 1. The fourth-order valence-electron chi connectivity index (χ4n) is 3.33. The Morgan fingerprint density at radius 1 is 1.24 bits per heavy atom. The summed E-state index contributed by atoms with van der Waals surface area (Å²) >= 11 is 4.33. The molecule has 0 saturated heterocycles. The first kappa shape index (κ1) is 11.1. The second-order valence-corrected chi connectivity index (χ2v) is 5.75. The topological polar surface area (TPSA) is 29.1 Å². The molecule has 1 N–H and O–H groups in total. The van der Waals surface area contributed by atoms with Gasteiger partial charge in [0.15, 0.2) is 0 Å². The summed E-state index contributed by atoms with van der Waals surface area (Å²) in [5, 5.41) is 3.18. The van der Waals surface area contributed by atoms with Gasteiger partial charge in [-0.15, -0.1) is 12.6 Å². The van der Waals surface area contributed by atoms with Crippen molar-refractivity contribution in [2.45, 2.75) is 36.6 Å². The Balaban J connectivity index is 1.70. The Bertz CT molecular complexity index is 446. The lowest BCUT2D eigenvalue weighted by molar-refractivity contribution is 0.0920. The van der Waals surface area contributed by atoms with E-state index in [-0.39, 0.29) is 5.91 Å². The van der Waals surface area contributed by atoms with Gasteiger partial charge in [-0.3, -0.25) is 4.79 Å². The van der Waals surface area contributed by atoms with E-state index < -0.39 is 0 Å². The maximum Gasteiger partial charge on any atom is 0.252 e. The van der Waals surface area contributed by atoms with E-state index in [0.717, 1.165) is 16.7 Å². The van der Waals surface area contributed by atoms with Gasteiger partial charge in [-0.1, -0.05) is 18.6 Å². The lowest BCUT2D eigenvalue weighted by Crippen LogP contribution is -2.38. The van der Waals surface area contributed by atoms with Gasteiger partial charge in [-0.25, -0.2) is 0 Å². The minimum absolute atomic E-state index is 0.0353. The molecule has 0 radical (unpaired) electrons. The second-order valence-electron chi connectivity index (χ2n) is 5.27. The molecule has 3 unspecified atom stereocenters. The highest BCUT2D eigenvalue weighted by Crippen LogP contribution is 2.44. The molecule has 2 fully saturated rings. The molecule has 2 aliphatic rings. The van der Waals surface area contributed by atoms with Gasteiger partial charge in [0.2, 0.25) is 0 Å². The molecular formula is C14H17NOS. The van der Waals surface area contributed by atoms with Crippen LogP contribution in [-0.2, 0) is 0 Å². The summed E-state index contributed by atoms with van der Waals surface area (Å²) in [6.07, 6.45) is 5.14. The Labute approximate surface area is 107 Å². The van der Waals surface area contributed by atoms with Crippen LogP contribution in [0.4, 0.5) is 0 Å². The van der Waals surface area contributed by atoms with Crippen LogP contribution in [0.5, 0.6) is 0 Å². The zero-order chi connectivity index (χ0) is 11.8. The largest absolute Gasteiger partial charge is 0.349 e. The minimum atomic E-state index is 0.0353. The number of amides is 1. The maximum atomic E-state index is 12.1. The molecule has 90 valence electrons. The summed E-state index contributed by atoms with van der Waals surface area (Å²) in [5.41, 5.74) is 0.693. The van der Waals surface area contributed by atoms with Crippen LogP contribution in [0.2, 0.25) is 0 Å². The molecule has 17 heavy (non-hydrogen) atoms. The van der Waals surface area contributed by atoms with Crippen molar-refractivity contribution in [2.75, 3.05) is 0 Å². The zero-order valence-corrected chi connectivity index (χ0v) is 10.6. The van der Waals surface area contributed by atoms with Crippen LogP contribution in [-0.4, -0.2) is 11.9 Å². The Morgan fingerprint density at radius 2 is 2.06 bits per heavy atom. The first-order valence-electron chi connectivity index (χ1n) is 6.33. The molecule has 1 amide bonds. The molecule has 3 rings (SSSR count). The van der Waals surface area contributed by atoms with Gasteiger partial charge in [0.1, 0.15) is 0 Å². The molecule has 2 nitrogen and oxygen atoms in total. The molecule has 1 aromatic carbocycles. The number of carbonyl (C=O) groups excluding carboxylic acids is 1. The third-order valence-electron chi connectivity index (χ3n) is 4.20. The number of nitrogens with one attached hydrogen (secondary N) is 1. The monoisotopic (exact) mass is 247 g/mol. The maximum absolute atomic E-state index is 12.1. The summed E-state index contributed by atoms with van der Waals surface area (Å²) in [5.74, 6) is 1.61. The van der Waals surface area contributed by atoms with Crippen molar-refractivity contribution in [3.63, 3.8) is 0 Å². The van der Waals surface area contributed by atoms with E-state index in [1.165, 1.54) is 25.7 Å². The number of hydrogen-bond acceptors (Lipinski definition) is 2. The van der Waals surface area contributed by atoms with E-state index in [1.807, 2.05) is 24.3 Å². The number of fused-ring (bicyclic) bond motifs is 2. The van der Waals surface area contributed by atoms with E-state index in [4.69, 9.17) is 0 Å². The highest BCUT2D eigenvalue weighted by atomic mass is 32.1. The summed E-state index contributed by atoms with van der Waals surface area (Å²) < 4.78 is 0. The van der Waals surface area contributed by atoms with Gasteiger partial charge in [0, 0.05) is 10.9 Å². The summed E-state index contributed by atoms with van der Waals surface area (Å²) in [6.45, 7) is 0. The highest BCUT2D eigenvalue weighted by Gasteiger charge is 2.40. The van der Waals surface area contributed by atoms with E-state index >= 15 is 0 Å². The van der Waals surface area contributed by atoms with E-state index in [1.54, 1.807) is 0 Å². The van der Waals surface area contributed by atoms with Crippen LogP contribution >= 0.6 is 12.6 Å². The molecule has 0 heterocycles.